The van der Waals surface area contributed by atoms with E-state index < -0.39 is 0 Å². The minimum Gasteiger partial charge on any atom is -0.378 e. The van der Waals surface area contributed by atoms with Crippen molar-refractivity contribution in [2.24, 2.45) is 5.84 Å². The van der Waals surface area contributed by atoms with Crippen LogP contribution >= 0.6 is 23.2 Å². The molecule has 0 saturated carbocycles. The summed E-state index contributed by atoms with van der Waals surface area (Å²) in [7, 11) is 4.03. The van der Waals surface area contributed by atoms with Gasteiger partial charge in [0.25, 0.3) is 0 Å². The monoisotopic (exact) mass is 323 g/mol. The van der Waals surface area contributed by atoms with Crippen molar-refractivity contribution in [1.29, 1.82) is 0 Å². The Labute approximate surface area is 135 Å². The highest BCUT2D eigenvalue weighted by atomic mass is 35.5. The average molecular weight is 324 g/mol. The summed E-state index contributed by atoms with van der Waals surface area (Å²) in [6, 6.07) is 14.0. The number of rotatable bonds is 5. The van der Waals surface area contributed by atoms with Crippen LogP contribution in [0.25, 0.3) is 0 Å². The van der Waals surface area contributed by atoms with E-state index in [1.807, 2.05) is 38.4 Å². The number of nitrogens with one attached hydrogen (secondary N) is 1. The first-order valence-electron chi connectivity index (χ1n) is 6.68. The molecular weight excluding hydrogens is 305 g/mol. The maximum absolute atomic E-state index is 6.06. The van der Waals surface area contributed by atoms with Gasteiger partial charge in [0.1, 0.15) is 0 Å². The second kappa shape index (κ2) is 7.14. The minimum absolute atomic E-state index is 0.0159. The molecule has 1 unspecified atom stereocenters. The third kappa shape index (κ3) is 4.11. The number of hydrazine groups is 1. The number of nitrogens with two attached hydrogens (primary N) is 1. The molecule has 2 aromatic carbocycles. The smallest absolute Gasteiger partial charge is 0.0595 e. The first kappa shape index (κ1) is 16.1. The van der Waals surface area contributed by atoms with Gasteiger partial charge in [-0.3, -0.25) is 11.3 Å². The number of nitrogens with zero attached hydrogens (tertiary/aromatic N) is 1. The summed E-state index contributed by atoms with van der Waals surface area (Å²) in [5, 5.41) is 1.12. The van der Waals surface area contributed by atoms with Gasteiger partial charge >= 0.3 is 0 Å². The fraction of sp³-hybridized carbons (Fsp3) is 0.250. The Morgan fingerprint density at radius 2 is 1.86 bits per heavy atom. The molecule has 0 aliphatic rings. The standard InChI is InChI=1S/C16H19Cl2N3/c1-21(2)13-5-3-4-12(10-13)16(20-19)9-11-6-7-14(17)15(18)8-11/h3-8,10,16,20H,9,19H2,1-2H3. The molecular formula is C16H19Cl2N3. The van der Waals surface area contributed by atoms with Crippen LogP contribution in [-0.2, 0) is 6.42 Å². The van der Waals surface area contributed by atoms with Crippen LogP contribution in [0.5, 0.6) is 0 Å². The van der Waals surface area contributed by atoms with E-state index >= 15 is 0 Å². The van der Waals surface area contributed by atoms with E-state index in [-0.39, 0.29) is 6.04 Å². The van der Waals surface area contributed by atoms with Crippen molar-refractivity contribution in [3.8, 4) is 0 Å². The Bertz CT molecular complexity index is 614. The van der Waals surface area contributed by atoms with Gasteiger partial charge in [-0.2, -0.15) is 0 Å². The van der Waals surface area contributed by atoms with Crippen LogP contribution in [0.15, 0.2) is 42.5 Å². The Balaban J connectivity index is 2.23. The van der Waals surface area contributed by atoms with Gasteiger partial charge in [-0.05, 0) is 41.8 Å². The lowest BCUT2D eigenvalue weighted by Crippen LogP contribution is -2.29. The highest BCUT2D eigenvalue weighted by molar-refractivity contribution is 6.42. The van der Waals surface area contributed by atoms with E-state index in [2.05, 4.69) is 28.5 Å². The van der Waals surface area contributed by atoms with Crippen molar-refractivity contribution in [2.75, 3.05) is 19.0 Å². The molecule has 2 aromatic rings. The van der Waals surface area contributed by atoms with Crippen LogP contribution in [0.4, 0.5) is 5.69 Å². The predicted octanol–water partition coefficient (Wildman–Crippen LogP) is 3.81. The van der Waals surface area contributed by atoms with Gasteiger partial charge < -0.3 is 4.90 Å². The van der Waals surface area contributed by atoms with E-state index in [1.165, 1.54) is 0 Å². The third-order valence-electron chi connectivity index (χ3n) is 3.41. The number of anilines is 1. The van der Waals surface area contributed by atoms with Crippen molar-refractivity contribution in [3.05, 3.63) is 63.6 Å². The van der Waals surface area contributed by atoms with Crippen LogP contribution in [0.1, 0.15) is 17.2 Å². The first-order chi connectivity index (χ1) is 10.0. The normalized spacial score (nSPS) is 12.2. The Hall–Kier alpha value is -1.26. The lowest BCUT2D eigenvalue weighted by molar-refractivity contribution is 0.552. The molecule has 0 amide bonds. The van der Waals surface area contributed by atoms with Crippen molar-refractivity contribution in [3.63, 3.8) is 0 Å². The van der Waals surface area contributed by atoms with E-state index in [0.717, 1.165) is 23.2 Å². The van der Waals surface area contributed by atoms with Gasteiger partial charge in [-0.15, -0.1) is 0 Å². The molecule has 2 rings (SSSR count). The van der Waals surface area contributed by atoms with Crippen molar-refractivity contribution in [2.45, 2.75) is 12.5 Å². The molecule has 0 saturated heterocycles. The summed E-state index contributed by atoms with van der Waals surface area (Å²) in [6.45, 7) is 0. The summed E-state index contributed by atoms with van der Waals surface area (Å²) in [6.07, 6.45) is 0.740. The first-order valence-corrected chi connectivity index (χ1v) is 7.44. The average Bonchev–Trinajstić information content (AvgIpc) is 2.48. The molecule has 3 N–H and O–H groups in total. The van der Waals surface area contributed by atoms with Gasteiger partial charge in [0, 0.05) is 19.8 Å². The van der Waals surface area contributed by atoms with E-state index in [4.69, 9.17) is 29.0 Å². The van der Waals surface area contributed by atoms with E-state index in [9.17, 15) is 0 Å². The van der Waals surface area contributed by atoms with Crippen molar-refractivity contribution < 1.29 is 0 Å². The fourth-order valence-corrected chi connectivity index (χ4v) is 2.52. The molecule has 0 bridgehead atoms. The number of benzene rings is 2. The zero-order valence-electron chi connectivity index (χ0n) is 12.1. The SMILES string of the molecule is CN(C)c1cccc(C(Cc2ccc(Cl)c(Cl)c2)NN)c1. The highest BCUT2D eigenvalue weighted by Crippen LogP contribution is 2.26. The largest absolute Gasteiger partial charge is 0.378 e. The van der Waals surface area contributed by atoms with Crippen LogP contribution in [0.3, 0.4) is 0 Å². The molecule has 0 heterocycles. The molecule has 21 heavy (non-hydrogen) atoms. The molecule has 1 atom stereocenters. The zero-order valence-corrected chi connectivity index (χ0v) is 13.6. The number of hydrogen-bond acceptors (Lipinski definition) is 3. The van der Waals surface area contributed by atoms with Gasteiger partial charge in [0.15, 0.2) is 0 Å². The quantitative estimate of drug-likeness (QED) is 0.649. The predicted molar refractivity (Wildman–Crippen MR) is 91.0 cm³/mol. The summed E-state index contributed by atoms with van der Waals surface area (Å²) in [5.74, 6) is 5.72. The third-order valence-corrected chi connectivity index (χ3v) is 4.15. The van der Waals surface area contributed by atoms with Crippen LogP contribution in [0.2, 0.25) is 10.0 Å². The van der Waals surface area contributed by atoms with Crippen LogP contribution in [-0.4, -0.2) is 14.1 Å². The topological polar surface area (TPSA) is 41.3 Å². The van der Waals surface area contributed by atoms with Crippen molar-refractivity contribution in [1.82, 2.24) is 5.43 Å². The molecule has 0 aliphatic carbocycles. The molecule has 0 spiro atoms. The van der Waals surface area contributed by atoms with E-state index in [0.29, 0.717) is 10.0 Å². The zero-order chi connectivity index (χ0) is 15.4. The van der Waals surface area contributed by atoms with Gasteiger partial charge in [-0.1, -0.05) is 41.4 Å². The second-order valence-electron chi connectivity index (χ2n) is 5.16. The van der Waals surface area contributed by atoms with E-state index in [1.54, 1.807) is 0 Å². The lowest BCUT2D eigenvalue weighted by Gasteiger charge is -2.20. The minimum atomic E-state index is 0.0159. The Morgan fingerprint density at radius 1 is 1.10 bits per heavy atom. The molecule has 0 aliphatic heterocycles. The molecule has 0 aromatic heterocycles. The Morgan fingerprint density at radius 3 is 2.48 bits per heavy atom. The summed E-state index contributed by atoms with van der Waals surface area (Å²) < 4.78 is 0. The number of halogens is 2. The van der Waals surface area contributed by atoms with Crippen LogP contribution in [0, 0.1) is 0 Å². The van der Waals surface area contributed by atoms with Gasteiger partial charge in [-0.25, -0.2) is 0 Å². The second-order valence-corrected chi connectivity index (χ2v) is 5.98. The summed E-state index contributed by atoms with van der Waals surface area (Å²) in [5.41, 5.74) is 6.23. The maximum atomic E-state index is 6.06. The molecule has 5 heteroatoms. The Kier molecular flexibility index (Phi) is 5.48. The van der Waals surface area contributed by atoms with Gasteiger partial charge in [0.2, 0.25) is 0 Å². The summed E-state index contributed by atoms with van der Waals surface area (Å²) in [4.78, 5) is 2.07. The van der Waals surface area contributed by atoms with Gasteiger partial charge in [0.05, 0.1) is 16.1 Å². The molecule has 0 fully saturated rings. The fourth-order valence-electron chi connectivity index (χ4n) is 2.20. The molecule has 112 valence electrons. The molecule has 3 nitrogen and oxygen atoms in total. The maximum Gasteiger partial charge on any atom is 0.0595 e. The van der Waals surface area contributed by atoms with Crippen molar-refractivity contribution >= 4 is 28.9 Å². The molecule has 0 radical (unpaired) electrons. The summed E-state index contributed by atoms with van der Waals surface area (Å²) >= 11 is 12.0. The number of hydrogen-bond donors (Lipinski definition) is 2. The van der Waals surface area contributed by atoms with Crippen LogP contribution < -0.4 is 16.2 Å². The lowest BCUT2D eigenvalue weighted by atomic mass is 9.99. The highest BCUT2D eigenvalue weighted by Gasteiger charge is 2.12.